The molecular weight excluding hydrogens is 210 g/mol. The lowest BCUT2D eigenvalue weighted by atomic mass is 10.2. The number of benzene rings is 1. The largest absolute Gasteiger partial charge is 0.388 e. The van der Waals surface area contributed by atoms with Crippen LogP contribution in [0.25, 0.3) is 0 Å². The van der Waals surface area contributed by atoms with E-state index in [1.54, 1.807) is 6.20 Å². The minimum atomic E-state index is 0.885. The van der Waals surface area contributed by atoms with Gasteiger partial charge in [0.25, 0.3) is 0 Å². The number of hydrogen-bond donors (Lipinski definition) is 1. The van der Waals surface area contributed by atoms with Gasteiger partial charge in [0.15, 0.2) is 0 Å². The fraction of sp³-hybridized carbons (Fsp3) is 0.214. The summed E-state index contributed by atoms with van der Waals surface area (Å²) in [6.45, 7) is 0.885. The third kappa shape index (κ3) is 2.97. The van der Waals surface area contributed by atoms with Gasteiger partial charge in [-0.25, -0.2) is 0 Å². The van der Waals surface area contributed by atoms with Gasteiger partial charge in [-0.2, -0.15) is 0 Å². The maximum absolute atomic E-state index is 4.12. The summed E-state index contributed by atoms with van der Waals surface area (Å²) in [6.07, 6.45) is 3.67. The van der Waals surface area contributed by atoms with Crippen molar-refractivity contribution in [1.82, 2.24) is 4.98 Å². The molecule has 0 atom stereocenters. The number of nitrogens with zero attached hydrogens (tertiary/aromatic N) is 2. The highest BCUT2D eigenvalue weighted by molar-refractivity contribution is 5.46. The molecule has 0 bridgehead atoms. The zero-order valence-electron chi connectivity index (χ0n) is 10.2. The van der Waals surface area contributed by atoms with Crippen molar-refractivity contribution < 1.29 is 0 Å². The summed E-state index contributed by atoms with van der Waals surface area (Å²) in [6, 6.07) is 12.5. The van der Waals surface area contributed by atoms with Crippen molar-refractivity contribution in [3.63, 3.8) is 0 Å². The summed E-state index contributed by atoms with van der Waals surface area (Å²) in [7, 11) is 4.00. The Bertz CT molecular complexity index is 451. The number of hydrogen-bond acceptors (Lipinski definition) is 3. The predicted octanol–water partition coefficient (Wildman–Crippen LogP) is 2.76. The molecule has 0 aliphatic carbocycles. The second-order valence-corrected chi connectivity index (χ2v) is 4.01. The summed E-state index contributed by atoms with van der Waals surface area (Å²) >= 11 is 0. The normalized spacial score (nSPS) is 10.0. The molecule has 1 N–H and O–H groups in total. The first-order chi connectivity index (χ1) is 8.29. The van der Waals surface area contributed by atoms with Crippen LogP contribution in [0, 0.1) is 0 Å². The molecule has 88 valence electrons. The first-order valence-corrected chi connectivity index (χ1v) is 5.67. The number of anilines is 2. The lowest BCUT2D eigenvalue weighted by Crippen LogP contribution is -2.16. The van der Waals surface area contributed by atoms with Crippen LogP contribution in [0.15, 0.2) is 48.8 Å². The lowest BCUT2D eigenvalue weighted by Gasteiger charge is -2.18. The van der Waals surface area contributed by atoms with Crippen LogP contribution in [0.2, 0.25) is 0 Å². The standard InChI is InChI=1S/C14H17N3/c1-15-13-7-5-12(6-8-13)11-17(2)14-4-3-9-16-10-14/h3-10,15H,11H2,1-2H3. The highest BCUT2D eigenvalue weighted by atomic mass is 15.1. The summed E-state index contributed by atoms with van der Waals surface area (Å²) in [5.41, 5.74) is 3.55. The fourth-order valence-electron chi connectivity index (χ4n) is 1.72. The number of pyridine rings is 1. The number of rotatable bonds is 4. The highest BCUT2D eigenvalue weighted by Gasteiger charge is 2.01. The van der Waals surface area contributed by atoms with Crippen molar-refractivity contribution in [2.24, 2.45) is 0 Å². The topological polar surface area (TPSA) is 28.2 Å². The van der Waals surface area contributed by atoms with Crippen LogP contribution in [0.1, 0.15) is 5.56 Å². The average molecular weight is 227 g/mol. The van der Waals surface area contributed by atoms with Crippen LogP contribution in [-0.2, 0) is 6.54 Å². The summed E-state index contributed by atoms with van der Waals surface area (Å²) in [5, 5.41) is 3.12. The van der Waals surface area contributed by atoms with Gasteiger partial charge in [0.2, 0.25) is 0 Å². The Balaban J connectivity index is 2.05. The van der Waals surface area contributed by atoms with Crippen molar-refractivity contribution in [2.45, 2.75) is 6.54 Å². The van der Waals surface area contributed by atoms with Gasteiger partial charge in [-0.05, 0) is 29.8 Å². The molecule has 0 saturated heterocycles. The van der Waals surface area contributed by atoms with Gasteiger partial charge in [-0.15, -0.1) is 0 Å². The van der Waals surface area contributed by atoms with E-state index >= 15 is 0 Å². The van der Waals surface area contributed by atoms with E-state index in [0.717, 1.165) is 17.9 Å². The van der Waals surface area contributed by atoms with Crippen LogP contribution >= 0.6 is 0 Å². The van der Waals surface area contributed by atoms with Gasteiger partial charge in [-0.3, -0.25) is 4.98 Å². The molecule has 0 amide bonds. The van der Waals surface area contributed by atoms with Gasteiger partial charge in [0, 0.05) is 32.5 Å². The molecule has 0 aliphatic rings. The molecular formula is C14H17N3. The molecule has 0 fully saturated rings. The molecule has 1 aromatic heterocycles. The van der Waals surface area contributed by atoms with Crippen molar-refractivity contribution in [1.29, 1.82) is 0 Å². The van der Waals surface area contributed by atoms with E-state index in [1.807, 2.05) is 19.3 Å². The Morgan fingerprint density at radius 2 is 1.94 bits per heavy atom. The highest BCUT2D eigenvalue weighted by Crippen LogP contribution is 2.15. The molecule has 1 aromatic carbocycles. The van der Waals surface area contributed by atoms with E-state index in [1.165, 1.54) is 5.56 Å². The van der Waals surface area contributed by atoms with E-state index in [2.05, 4.69) is 52.6 Å². The lowest BCUT2D eigenvalue weighted by molar-refractivity contribution is 0.918. The number of aromatic nitrogens is 1. The van der Waals surface area contributed by atoms with E-state index in [9.17, 15) is 0 Å². The summed E-state index contributed by atoms with van der Waals surface area (Å²) in [5.74, 6) is 0. The van der Waals surface area contributed by atoms with Crippen molar-refractivity contribution >= 4 is 11.4 Å². The van der Waals surface area contributed by atoms with E-state index < -0.39 is 0 Å². The first kappa shape index (κ1) is 11.5. The molecule has 3 heteroatoms. The average Bonchev–Trinajstić information content (AvgIpc) is 2.40. The molecule has 3 nitrogen and oxygen atoms in total. The zero-order valence-corrected chi connectivity index (χ0v) is 10.2. The van der Waals surface area contributed by atoms with E-state index in [4.69, 9.17) is 0 Å². The molecule has 0 aliphatic heterocycles. The monoisotopic (exact) mass is 227 g/mol. The molecule has 2 rings (SSSR count). The van der Waals surface area contributed by atoms with Crippen LogP contribution in [0.5, 0.6) is 0 Å². The van der Waals surface area contributed by atoms with Crippen LogP contribution < -0.4 is 10.2 Å². The van der Waals surface area contributed by atoms with Crippen molar-refractivity contribution in [3.05, 3.63) is 54.4 Å². The molecule has 17 heavy (non-hydrogen) atoms. The zero-order chi connectivity index (χ0) is 12.1. The maximum atomic E-state index is 4.12. The third-order valence-electron chi connectivity index (χ3n) is 2.75. The van der Waals surface area contributed by atoms with Gasteiger partial charge in [0.05, 0.1) is 11.9 Å². The Morgan fingerprint density at radius 1 is 1.18 bits per heavy atom. The van der Waals surface area contributed by atoms with Crippen LogP contribution in [-0.4, -0.2) is 19.1 Å². The minimum absolute atomic E-state index is 0.885. The van der Waals surface area contributed by atoms with Gasteiger partial charge in [-0.1, -0.05) is 12.1 Å². The number of nitrogens with one attached hydrogen (secondary N) is 1. The maximum Gasteiger partial charge on any atom is 0.0553 e. The minimum Gasteiger partial charge on any atom is -0.388 e. The molecule has 0 unspecified atom stereocenters. The second-order valence-electron chi connectivity index (χ2n) is 4.01. The Kier molecular flexibility index (Phi) is 3.60. The molecule has 0 spiro atoms. The Hall–Kier alpha value is -2.03. The molecule has 1 heterocycles. The smallest absolute Gasteiger partial charge is 0.0553 e. The Morgan fingerprint density at radius 3 is 2.53 bits per heavy atom. The second kappa shape index (κ2) is 5.34. The van der Waals surface area contributed by atoms with E-state index in [0.29, 0.717) is 0 Å². The van der Waals surface area contributed by atoms with Crippen LogP contribution in [0.3, 0.4) is 0 Å². The van der Waals surface area contributed by atoms with Crippen molar-refractivity contribution in [2.75, 3.05) is 24.3 Å². The predicted molar refractivity (Wildman–Crippen MR) is 72.3 cm³/mol. The first-order valence-electron chi connectivity index (χ1n) is 5.67. The third-order valence-corrected chi connectivity index (χ3v) is 2.75. The van der Waals surface area contributed by atoms with Crippen LogP contribution in [0.4, 0.5) is 11.4 Å². The van der Waals surface area contributed by atoms with Crippen molar-refractivity contribution in [3.8, 4) is 0 Å². The Labute approximate surface area is 102 Å². The van der Waals surface area contributed by atoms with Gasteiger partial charge < -0.3 is 10.2 Å². The summed E-state index contributed by atoms with van der Waals surface area (Å²) in [4.78, 5) is 6.31. The fourth-order valence-corrected chi connectivity index (χ4v) is 1.72. The quantitative estimate of drug-likeness (QED) is 0.870. The van der Waals surface area contributed by atoms with Gasteiger partial charge >= 0.3 is 0 Å². The molecule has 0 saturated carbocycles. The van der Waals surface area contributed by atoms with E-state index in [-0.39, 0.29) is 0 Å². The summed E-state index contributed by atoms with van der Waals surface area (Å²) < 4.78 is 0. The van der Waals surface area contributed by atoms with Gasteiger partial charge in [0.1, 0.15) is 0 Å². The SMILES string of the molecule is CNc1ccc(CN(C)c2cccnc2)cc1. The molecule has 0 radical (unpaired) electrons. The molecule has 2 aromatic rings.